The molecule has 1 unspecified atom stereocenters. The van der Waals surface area contributed by atoms with Crippen LogP contribution in [0.1, 0.15) is 43.1 Å². The molecule has 0 saturated heterocycles. The molecule has 2 aromatic rings. The van der Waals surface area contributed by atoms with Gasteiger partial charge in [0.1, 0.15) is 0 Å². The molecule has 0 fully saturated rings. The highest BCUT2D eigenvalue weighted by Crippen LogP contribution is 2.43. The molecule has 1 aliphatic rings. The molecule has 1 aliphatic carbocycles. The van der Waals surface area contributed by atoms with Crippen LogP contribution < -0.4 is 5.32 Å². The highest BCUT2D eigenvalue weighted by Gasteiger charge is 2.34. The Morgan fingerprint density at radius 1 is 1.33 bits per heavy atom. The predicted molar refractivity (Wildman–Crippen MR) is 76.9 cm³/mol. The fourth-order valence-electron chi connectivity index (χ4n) is 3.43. The standard InChI is InChI=1S/C16H22N2/c1-10-6-5-7-11-14-12(17-4)8-16(2,3)9-13(14)18-15(10)11/h5-7,12,17-18H,8-9H2,1-4H3. The highest BCUT2D eigenvalue weighted by atomic mass is 14.9. The molecule has 1 aromatic heterocycles. The number of aromatic amines is 1. The molecule has 0 bridgehead atoms. The van der Waals surface area contributed by atoms with E-state index < -0.39 is 0 Å². The van der Waals surface area contributed by atoms with Gasteiger partial charge in [0.25, 0.3) is 0 Å². The first-order valence-electron chi connectivity index (χ1n) is 6.79. The Morgan fingerprint density at radius 3 is 2.83 bits per heavy atom. The van der Waals surface area contributed by atoms with Crippen molar-refractivity contribution in [1.82, 2.24) is 10.3 Å². The lowest BCUT2D eigenvalue weighted by Crippen LogP contribution is -2.31. The Kier molecular flexibility index (Phi) is 2.53. The van der Waals surface area contributed by atoms with Gasteiger partial charge in [0, 0.05) is 22.6 Å². The van der Waals surface area contributed by atoms with Crippen LogP contribution in [0.15, 0.2) is 18.2 Å². The Bertz CT molecular complexity index is 592. The number of para-hydroxylation sites is 1. The number of benzene rings is 1. The van der Waals surface area contributed by atoms with E-state index in [0.717, 1.165) is 6.42 Å². The first-order valence-corrected chi connectivity index (χ1v) is 6.79. The minimum absolute atomic E-state index is 0.370. The summed E-state index contributed by atoms with van der Waals surface area (Å²) in [6, 6.07) is 7.07. The first kappa shape index (κ1) is 11.8. The average Bonchev–Trinajstić information content (AvgIpc) is 2.66. The average molecular weight is 242 g/mol. The lowest BCUT2D eigenvalue weighted by molar-refractivity contribution is 0.264. The number of H-pyrrole nitrogens is 1. The molecule has 1 heterocycles. The Balaban J connectivity index is 2.27. The number of aromatic nitrogens is 1. The first-order chi connectivity index (χ1) is 8.52. The smallest absolute Gasteiger partial charge is 0.0489 e. The highest BCUT2D eigenvalue weighted by molar-refractivity contribution is 5.88. The summed E-state index contributed by atoms with van der Waals surface area (Å²) in [6.45, 7) is 6.90. The molecule has 0 aliphatic heterocycles. The molecule has 2 heteroatoms. The SMILES string of the molecule is CNC1CC(C)(C)Cc2[nH]c3c(C)cccc3c21. The van der Waals surface area contributed by atoms with Crippen molar-refractivity contribution < 1.29 is 0 Å². The summed E-state index contributed by atoms with van der Waals surface area (Å²) in [5.74, 6) is 0. The van der Waals surface area contributed by atoms with E-state index in [1.165, 1.54) is 34.1 Å². The Morgan fingerprint density at radius 2 is 2.11 bits per heavy atom. The van der Waals surface area contributed by atoms with Crippen LogP contribution in [0.2, 0.25) is 0 Å². The van der Waals surface area contributed by atoms with Gasteiger partial charge < -0.3 is 10.3 Å². The monoisotopic (exact) mass is 242 g/mol. The third kappa shape index (κ3) is 1.67. The van der Waals surface area contributed by atoms with E-state index >= 15 is 0 Å². The zero-order valence-corrected chi connectivity index (χ0v) is 11.7. The molecular weight excluding hydrogens is 220 g/mol. The van der Waals surface area contributed by atoms with Crippen molar-refractivity contribution in [3.63, 3.8) is 0 Å². The largest absolute Gasteiger partial charge is 0.358 e. The number of hydrogen-bond acceptors (Lipinski definition) is 1. The van der Waals surface area contributed by atoms with E-state index in [1.807, 2.05) is 0 Å². The summed E-state index contributed by atoms with van der Waals surface area (Å²) in [6.07, 6.45) is 2.35. The second-order valence-corrected chi connectivity index (χ2v) is 6.40. The van der Waals surface area contributed by atoms with Gasteiger partial charge in [-0.2, -0.15) is 0 Å². The Hall–Kier alpha value is -1.28. The maximum Gasteiger partial charge on any atom is 0.0489 e. The minimum atomic E-state index is 0.370. The molecule has 2 nitrogen and oxygen atoms in total. The fraction of sp³-hybridized carbons (Fsp3) is 0.500. The molecular formula is C16H22N2. The third-order valence-corrected chi connectivity index (χ3v) is 4.27. The van der Waals surface area contributed by atoms with Gasteiger partial charge in [0.15, 0.2) is 0 Å². The topological polar surface area (TPSA) is 27.8 Å². The summed E-state index contributed by atoms with van der Waals surface area (Å²) in [5, 5.41) is 4.90. The van der Waals surface area contributed by atoms with E-state index in [9.17, 15) is 0 Å². The summed E-state index contributed by atoms with van der Waals surface area (Å²) in [5.41, 5.74) is 5.95. The number of rotatable bonds is 1. The summed E-state index contributed by atoms with van der Waals surface area (Å²) < 4.78 is 0. The van der Waals surface area contributed by atoms with Crippen LogP contribution in [0.3, 0.4) is 0 Å². The second kappa shape index (κ2) is 3.86. The molecule has 18 heavy (non-hydrogen) atoms. The number of hydrogen-bond donors (Lipinski definition) is 2. The van der Waals surface area contributed by atoms with Gasteiger partial charge in [-0.15, -0.1) is 0 Å². The fourth-order valence-corrected chi connectivity index (χ4v) is 3.43. The second-order valence-electron chi connectivity index (χ2n) is 6.40. The van der Waals surface area contributed by atoms with Crippen LogP contribution in [0.25, 0.3) is 10.9 Å². The Labute approximate surface area is 109 Å². The van der Waals surface area contributed by atoms with Crippen molar-refractivity contribution in [2.24, 2.45) is 5.41 Å². The van der Waals surface area contributed by atoms with Gasteiger partial charge >= 0.3 is 0 Å². The number of aryl methyl sites for hydroxylation is 1. The van der Waals surface area contributed by atoms with E-state index in [2.05, 4.69) is 56.3 Å². The van der Waals surface area contributed by atoms with E-state index in [1.54, 1.807) is 0 Å². The van der Waals surface area contributed by atoms with Gasteiger partial charge in [-0.1, -0.05) is 32.0 Å². The predicted octanol–water partition coefficient (Wildman–Crippen LogP) is 3.71. The van der Waals surface area contributed by atoms with Crippen LogP contribution >= 0.6 is 0 Å². The third-order valence-electron chi connectivity index (χ3n) is 4.27. The zero-order chi connectivity index (χ0) is 12.9. The maximum atomic E-state index is 3.66. The normalized spacial score (nSPS) is 22.1. The molecule has 1 aromatic carbocycles. The van der Waals surface area contributed by atoms with E-state index in [0.29, 0.717) is 11.5 Å². The van der Waals surface area contributed by atoms with Crippen molar-refractivity contribution in [3.8, 4) is 0 Å². The van der Waals surface area contributed by atoms with Gasteiger partial charge in [-0.05, 0) is 43.4 Å². The van der Waals surface area contributed by atoms with Crippen molar-refractivity contribution in [2.75, 3.05) is 7.05 Å². The number of fused-ring (bicyclic) bond motifs is 3. The van der Waals surface area contributed by atoms with E-state index in [4.69, 9.17) is 0 Å². The molecule has 0 spiro atoms. The zero-order valence-electron chi connectivity index (χ0n) is 11.7. The van der Waals surface area contributed by atoms with Crippen LogP contribution in [-0.2, 0) is 6.42 Å². The van der Waals surface area contributed by atoms with Crippen LogP contribution in [0, 0.1) is 12.3 Å². The van der Waals surface area contributed by atoms with Gasteiger partial charge in [-0.3, -0.25) is 0 Å². The van der Waals surface area contributed by atoms with Gasteiger partial charge in [0.05, 0.1) is 0 Å². The van der Waals surface area contributed by atoms with Crippen LogP contribution in [-0.4, -0.2) is 12.0 Å². The van der Waals surface area contributed by atoms with Crippen molar-refractivity contribution in [1.29, 1.82) is 0 Å². The van der Waals surface area contributed by atoms with Gasteiger partial charge in [0.2, 0.25) is 0 Å². The maximum absolute atomic E-state index is 3.66. The van der Waals surface area contributed by atoms with Gasteiger partial charge in [-0.25, -0.2) is 0 Å². The lowest BCUT2D eigenvalue weighted by Gasteiger charge is -2.35. The lowest BCUT2D eigenvalue weighted by atomic mass is 9.74. The molecule has 0 radical (unpaired) electrons. The molecule has 1 atom stereocenters. The molecule has 0 saturated carbocycles. The quantitative estimate of drug-likeness (QED) is 0.784. The molecule has 96 valence electrons. The van der Waals surface area contributed by atoms with Crippen LogP contribution in [0.5, 0.6) is 0 Å². The number of nitrogens with one attached hydrogen (secondary N) is 2. The van der Waals surface area contributed by atoms with Crippen molar-refractivity contribution in [2.45, 2.75) is 39.7 Å². The van der Waals surface area contributed by atoms with E-state index in [-0.39, 0.29) is 0 Å². The summed E-state index contributed by atoms with van der Waals surface area (Å²) in [4.78, 5) is 3.66. The van der Waals surface area contributed by atoms with Crippen molar-refractivity contribution >= 4 is 10.9 Å². The van der Waals surface area contributed by atoms with Crippen molar-refractivity contribution in [3.05, 3.63) is 35.0 Å². The summed E-state index contributed by atoms with van der Waals surface area (Å²) >= 11 is 0. The molecule has 2 N–H and O–H groups in total. The van der Waals surface area contributed by atoms with Crippen LogP contribution in [0.4, 0.5) is 0 Å². The minimum Gasteiger partial charge on any atom is -0.358 e. The molecule has 3 rings (SSSR count). The summed E-state index contributed by atoms with van der Waals surface area (Å²) in [7, 11) is 2.07. The molecule has 0 amide bonds.